The van der Waals surface area contributed by atoms with Crippen molar-refractivity contribution in [3.8, 4) is 0 Å². The zero-order chi connectivity index (χ0) is 18.1. The second-order valence-electron chi connectivity index (χ2n) is 5.36. The number of para-hydroxylation sites is 1. The van der Waals surface area contributed by atoms with Crippen molar-refractivity contribution in [2.75, 3.05) is 11.4 Å². The molecule has 0 unspecified atom stereocenters. The van der Waals surface area contributed by atoms with Crippen molar-refractivity contribution in [2.24, 2.45) is 0 Å². The molecule has 0 saturated carbocycles. The first-order valence-electron chi connectivity index (χ1n) is 7.27. The number of amides is 2. The van der Waals surface area contributed by atoms with Gasteiger partial charge in [0.25, 0.3) is 5.91 Å². The molecule has 1 aliphatic heterocycles. The summed E-state index contributed by atoms with van der Waals surface area (Å²) in [5.41, 5.74) is 0.385. The molecule has 2 amide bonds. The molecular weight excluding hydrogens is 392 g/mol. The van der Waals surface area contributed by atoms with E-state index in [-0.39, 0.29) is 16.6 Å². The number of carbonyl (C=O) groups excluding carboxylic acids is 2. The van der Waals surface area contributed by atoms with E-state index in [1.807, 2.05) is 0 Å². The first-order valence-corrected chi connectivity index (χ1v) is 8.40. The number of carbonyl (C=O) groups is 2. The third-order valence-electron chi connectivity index (χ3n) is 3.79. The van der Waals surface area contributed by atoms with Crippen molar-refractivity contribution in [1.29, 1.82) is 0 Å². The van der Waals surface area contributed by atoms with Crippen molar-refractivity contribution in [3.05, 3.63) is 57.0 Å². The number of nitrogens with one attached hydrogen (secondary N) is 1. The Labute approximate surface area is 157 Å². The highest BCUT2D eigenvalue weighted by molar-refractivity contribution is 6.35. The van der Waals surface area contributed by atoms with Gasteiger partial charge in [0.1, 0.15) is 11.2 Å². The molecule has 0 aliphatic carbocycles. The summed E-state index contributed by atoms with van der Waals surface area (Å²) in [5.74, 6) is -1.88. The van der Waals surface area contributed by atoms with Crippen LogP contribution in [0.2, 0.25) is 15.3 Å². The Morgan fingerprint density at radius 1 is 1.24 bits per heavy atom. The van der Waals surface area contributed by atoms with Crippen molar-refractivity contribution in [3.63, 3.8) is 0 Å². The summed E-state index contributed by atoms with van der Waals surface area (Å²) < 4.78 is 13.5. The lowest BCUT2D eigenvalue weighted by Crippen LogP contribution is -2.41. The summed E-state index contributed by atoms with van der Waals surface area (Å²) in [7, 11) is 0. The van der Waals surface area contributed by atoms with Crippen LogP contribution in [0.3, 0.4) is 0 Å². The number of hydrogen-bond donors (Lipinski definition) is 1. The fourth-order valence-electron chi connectivity index (χ4n) is 2.56. The maximum Gasteiger partial charge on any atom is 0.255 e. The average molecular weight is 403 g/mol. The number of anilines is 1. The molecule has 5 nitrogen and oxygen atoms in total. The van der Waals surface area contributed by atoms with Crippen LogP contribution in [-0.4, -0.2) is 29.4 Å². The van der Waals surface area contributed by atoms with Crippen LogP contribution in [0.1, 0.15) is 16.8 Å². The van der Waals surface area contributed by atoms with Crippen molar-refractivity contribution in [1.82, 2.24) is 10.3 Å². The van der Waals surface area contributed by atoms with Crippen LogP contribution >= 0.6 is 34.8 Å². The van der Waals surface area contributed by atoms with Gasteiger partial charge in [0.15, 0.2) is 11.0 Å². The van der Waals surface area contributed by atoms with Gasteiger partial charge in [0.2, 0.25) is 5.91 Å². The Morgan fingerprint density at radius 2 is 1.96 bits per heavy atom. The molecule has 1 aromatic heterocycles. The Bertz CT molecular complexity index is 863. The van der Waals surface area contributed by atoms with Crippen LogP contribution in [0.5, 0.6) is 0 Å². The van der Waals surface area contributed by atoms with E-state index in [2.05, 4.69) is 10.3 Å². The van der Waals surface area contributed by atoms with Crippen LogP contribution in [0.15, 0.2) is 30.3 Å². The normalized spacial score (nSPS) is 17.0. The van der Waals surface area contributed by atoms with Crippen LogP contribution in [-0.2, 0) is 4.79 Å². The van der Waals surface area contributed by atoms with E-state index in [0.717, 1.165) is 6.07 Å². The first-order chi connectivity index (χ1) is 11.9. The second-order valence-corrected chi connectivity index (χ2v) is 6.48. The highest BCUT2D eigenvalue weighted by Crippen LogP contribution is 2.29. The minimum Gasteiger partial charge on any atom is -0.340 e. The maximum atomic E-state index is 13.5. The standard InChI is InChI=1S/C16H11Cl3FN3O2/c17-9-3-1-2-4-12(9)23-6-5-11(16(23)25)21-15(24)8-7-10(20)14(19)22-13(8)18/h1-4,7,11H,5-6H2,(H,21,24)/t11-/m1/s1. The number of nitrogens with zero attached hydrogens (tertiary/aromatic N) is 2. The monoisotopic (exact) mass is 401 g/mol. The lowest BCUT2D eigenvalue weighted by atomic mass is 10.2. The van der Waals surface area contributed by atoms with Gasteiger partial charge in [0, 0.05) is 6.54 Å². The average Bonchev–Trinajstić information content (AvgIpc) is 2.92. The Kier molecular flexibility index (Phi) is 5.13. The van der Waals surface area contributed by atoms with E-state index in [1.165, 1.54) is 4.90 Å². The fourth-order valence-corrected chi connectivity index (χ4v) is 3.21. The summed E-state index contributed by atoms with van der Waals surface area (Å²) in [4.78, 5) is 29.9. The van der Waals surface area contributed by atoms with Crippen molar-refractivity contribution >= 4 is 52.3 Å². The van der Waals surface area contributed by atoms with Gasteiger partial charge in [-0.05, 0) is 24.6 Å². The van der Waals surface area contributed by atoms with E-state index in [0.29, 0.717) is 23.7 Å². The SMILES string of the molecule is O=C(N[C@@H]1CCN(c2ccccc2Cl)C1=O)c1cc(F)c(Cl)nc1Cl. The summed E-state index contributed by atoms with van der Waals surface area (Å²) in [6.45, 7) is 0.397. The van der Waals surface area contributed by atoms with Gasteiger partial charge in [-0.3, -0.25) is 9.59 Å². The fraction of sp³-hybridized carbons (Fsp3) is 0.188. The van der Waals surface area contributed by atoms with Crippen LogP contribution in [0.4, 0.5) is 10.1 Å². The van der Waals surface area contributed by atoms with Crippen LogP contribution in [0, 0.1) is 5.82 Å². The minimum absolute atomic E-state index is 0.187. The lowest BCUT2D eigenvalue weighted by molar-refractivity contribution is -0.118. The number of halogens is 4. The number of aromatic nitrogens is 1. The van der Waals surface area contributed by atoms with E-state index in [9.17, 15) is 14.0 Å². The van der Waals surface area contributed by atoms with Gasteiger partial charge in [-0.25, -0.2) is 9.37 Å². The molecule has 9 heteroatoms. The molecule has 2 heterocycles. The van der Waals surface area contributed by atoms with Gasteiger partial charge in [-0.2, -0.15) is 0 Å². The maximum absolute atomic E-state index is 13.5. The van der Waals surface area contributed by atoms with Gasteiger partial charge < -0.3 is 10.2 Å². The molecule has 25 heavy (non-hydrogen) atoms. The Balaban J connectivity index is 1.76. The zero-order valence-corrected chi connectivity index (χ0v) is 14.9. The molecule has 0 spiro atoms. The highest BCUT2D eigenvalue weighted by atomic mass is 35.5. The van der Waals surface area contributed by atoms with Crippen molar-refractivity contribution in [2.45, 2.75) is 12.5 Å². The quantitative estimate of drug-likeness (QED) is 0.796. The van der Waals surface area contributed by atoms with Gasteiger partial charge in [-0.15, -0.1) is 0 Å². The van der Waals surface area contributed by atoms with Crippen LogP contribution in [0.25, 0.3) is 0 Å². The summed E-state index contributed by atoms with van der Waals surface area (Å²) in [6.07, 6.45) is 0.386. The smallest absolute Gasteiger partial charge is 0.255 e. The van der Waals surface area contributed by atoms with Crippen molar-refractivity contribution < 1.29 is 14.0 Å². The molecular formula is C16H11Cl3FN3O2. The third kappa shape index (κ3) is 3.56. The Morgan fingerprint density at radius 3 is 2.68 bits per heavy atom. The molecule has 1 N–H and O–H groups in total. The summed E-state index contributed by atoms with van der Waals surface area (Å²) in [6, 6.07) is 7.05. The van der Waals surface area contributed by atoms with E-state index < -0.39 is 22.9 Å². The topological polar surface area (TPSA) is 62.3 Å². The molecule has 130 valence electrons. The molecule has 1 aromatic carbocycles. The molecule has 2 aromatic rings. The van der Waals surface area contributed by atoms with Gasteiger partial charge in [0.05, 0.1) is 16.3 Å². The molecule has 0 bridgehead atoms. The molecule has 1 saturated heterocycles. The first kappa shape index (κ1) is 17.9. The molecule has 0 radical (unpaired) electrons. The Hall–Kier alpha value is -1.89. The van der Waals surface area contributed by atoms with Crippen LogP contribution < -0.4 is 10.2 Å². The third-order valence-corrected chi connectivity index (χ3v) is 4.66. The van der Waals surface area contributed by atoms with E-state index in [4.69, 9.17) is 34.8 Å². The predicted octanol–water partition coefficient (Wildman–Crippen LogP) is 3.72. The molecule has 1 atom stereocenters. The zero-order valence-electron chi connectivity index (χ0n) is 12.6. The number of hydrogen-bond acceptors (Lipinski definition) is 3. The second kappa shape index (κ2) is 7.15. The molecule has 3 rings (SSSR count). The minimum atomic E-state index is -0.869. The lowest BCUT2D eigenvalue weighted by Gasteiger charge is -2.18. The summed E-state index contributed by atoms with van der Waals surface area (Å²) >= 11 is 17.4. The summed E-state index contributed by atoms with van der Waals surface area (Å²) in [5, 5.41) is 2.32. The largest absolute Gasteiger partial charge is 0.340 e. The molecule has 1 fully saturated rings. The van der Waals surface area contributed by atoms with E-state index >= 15 is 0 Å². The highest BCUT2D eigenvalue weighted by Gasteiger charge is 2.35. The van der Waals surface area contributed by atoms with Gasteiger partial charge in [-0.1, -0.05) is 46.9 Å². The van der Waals surface area contributed by atoms with Gasteiger partial charge >= 0.3 is 0 Å². The predicted molar refractivity (Wildman–Crippen MR) is 93.9 cm³/mol. The number of pyridine rings is 1. The number of rotatable bonds is 3. The molecule has 1 aliphatic rings. The number of benzene rings is 1. The van der Waals surface area contributed by atoms with E-state index in [1.54, 1.807) is 24.3 Å².